The molecule has 0 bridgehead atoms. The molecule has 90 valence electrons. The van der Waals surface area contributed by atoms with E-state index >= 15 is 0 Å². The summed E-state index contributed by atoms with van der Waals surface area (Å²) in [6, 6.07) is 4.41. The molecule has 1 rings (SSSR count). The second-order valence-corrected chi connectivity index (χ2v) is 3.24. The molecule has 0 spiro atoms. The molecule has 0 aliphatic heterocycles. The van der Waals surface area contributed by atoms with Crippen molar-refractivity contribution >= 4 is 17.3 Å². The summed E-state index contributed by atoms with van der Waals surface area (Å²) in [6.07, 6.45) is 2.24. The normalized spacial score (nSPS) is 9.41. The van der Waals surface area contributed by atoms with E-state index in [-0.39, 0.29) is 11.6 Å². The molecule has 0 aliphatic rings. The van der Waals surface area contributed by atoms with Crippen molar-refractivity contribution in [2.24, 2.45) is 16.6 Å². The van der Waals surface area contributed by atoms with Crippen molar-refractivity contribution < 1.29 is 4.92 Å². The van der Waals surface area contributed by atoms with Gasteiger partial charge in [0.15, 0.2) is 0 Å². The van der Waals surface area contributed by atoms with Crippen LogP contribution in [0.15, 0.2) is 36.0 Å². The number of hydrogen-bond donors (Lipinski definition) is 3. The second-order valence-electron chi connectivity index (χ2n) is 3.24. The van der Waals surface area contributed by atoms with Crippen LogP contribution in [0.25, 0.3) is 0 Å². The Morgan fingerprint density at radius 2 is 2.29 bits per heavy atom. The van der Waals surface area contributed by atoms with Gasteiger partial charge in [-0.05, 0) is 18.1 Å². The van der Waals surface area contributed by atoms with E-state index < -0.39 is 4.92 Å². The Hall–Kier alpha value is -2.57. The number of non-ortho nitro benzene ring substituents is 1. The second kappa shape index (κ2) is 5.50. The Balaban J connectivity index is 3.10. The smallest absolute Gasteiger partial charge is 0.271 e. The van der Waals surface area contributed by atoms with Gasteiger partial charge in [-0.15, -0.1) is 11.7 Å². The Kier molecular flexibility index (Phi) is 4.04. The first-order valence-corrected chi connectivity index (χ1v) is 4.77. The number of nitrogens with zero attached hydrogens (tertiary/aromatic N) is 2. The van der Waals surface area contributed by atoms with Gasteiger partial charge in [0.1, 0.15) is 0 Å². The van der Waals surface area contributed by atoms with Crippen molar-refractivity contribution in [1.82, 2.24) is 0 Å². The van der Waals surface area contributed by atoms with Crippen LogP contribution in [0.5, 0.6) is 0 Å². The zero-order valence-electron chi connectivity index (χ0n) is 9.09. The van der Waals surface area contributed by atoms with E-state index in [1.807, 2.05) is 0 Å². The maximum Gasteiger partial charge on any atom is 0.271 e. The largest absolute Gasteiger partial charge is 0.369 e. The molecule has 1 aromatic rings. The topological polar surface area (TPSA) is 120 Å². The van der Waals surface area contributed by atoms with Crippen LogP contribution in [0, 0.1) is 10.1 Å². The first-order valence-electron chi connectivity index (χ1n) is 4.77. The van der Waals surface area contributed by atoms with E-state index in [0.717, 1.165) is 5.56 Å². The zero-order valence-corrected chi connectivity index (χ0v) is 9.09. The van der Waals surface area contributed by atoms with Crippen molar-refractivity contribution in [3.63, 3.8) is 0 Å². The number of hydrazone groups is 1. The van der Waals surface area contributed by atoms with E-state index in [2.05, 4.69) is 17.1 Å². The lowest BCUT2D eigenvalue weighted by Gasteiger charge is -2.06. The number of nitro groups is 1. The fourth-order valence-electron chi connectivity index (χ4n) is 1.24. The number of allylic oxidation sites excluding steroid dienone is 1. The summed E-state index contributed by atoms with van der Waals surface area (Å²) in [5.74, 6) is -0.152. The number of nitro benzene ring substituents is 1. The number of anilines is 1. The minimum Gasteiger partial charge on any atom is -0.369 e. The molecule has 0 atom stereocenters. The number of nitrogens with two attached hydrogens (primary N) is 2. The monoisotopic (exact) mass is 235 g/mol. The molecule has 0 aliphatic carbocycles. The minimum atomic E-state index is -0.488. The molecule has 7 nitrogen and oxygen atoms in total. The quantitative estimate of drug-likeness (QED) is 0.230. The Bertz CT molecular complexity index is 466. The summed E-state index contributed by atoms with van der Waals surface area (Å²) in [4.78, 5) is 10.1. The number of hydrogen-bond acceptors (Lipinski definition) is 4. The lowest BCUT2D eigenvalue weighted by atomic mass is 10.1. The molecule has 0 saturated carbocycles. The third-order valence-electron chi connectivity index (χ3n) is 1.97. The predicted molar refractivity (Wildman–Crippen MR) is 66.4 cm³/mol. The summed E-state index contributed by atoms with van der Waals surface area (Å²) in [7, 11) is 0. The van der Waals surface area contributed by atoms with Gasteiger partial charge in [0.25, 0.3) is 5.69 Å². The molecule has 7 heteroatoms. The highest BCUT2D eigenvalue weighted by Crippen LogP contribution is 2.23. The fourth-order valence-corrected chi connectivity index (χ4v) is 1.24. The average Bonchev–Trinajstić information content (AvgIpc) is 2.27. The SMILES string of the molecule is C=CCc1ccc([N+](=O)[O-])cc1NN=C(N)N. The highest BCUT2D eigenvalue weighted by Gasteiger charge is 2.09. The average molecular weight is 235 g/mol. The molecule has 0 unspecified atom stereocenters. The summed E-state index contributed by atoms with van der Waals surface area (Å²) < 4.78 is 0. The first-order chi connectivity index (χ1) is 8.04. The van der Waals surface area contributed by atoms with E-state index in [4.69, 9.17) is 11.5 Å². The number of nitrogens with one attached hydrogen (secondary N) is 1. The predicted octanol–water partition coefficient (Wildman–Crippen LogP) is 0.924. The number of guanidine groups is 1. The van der Waals surface area contributed by atoms with Gasteiger partial charge in [0, 0.05) is 12.1 Å². The van der Waals surface area contributed by atoms with Crippen molar-refractivity contribution in [3.8, 4) is 0 Å². The van der Waals surface area contributed by atoms with Crippen LogP contribution >= 0.6 is 0 Å². The van der Waals surface area contributed by atoms with E-state index in [9.17, 15) is 10.1 Å². The number of benzene rings is 1. The lowest BCUT2D eigenvalue weighted by Crippen LogP contribution is -2.24. The van der Waals surface area contributed by atoms with Gasteiger partial charge in [0.2, 0.25) is 5.96 Å². The summed E-state index contributed by atoms with van der Waals surface area (Å²) in [5, 5.41) is 14.2. The van der Waals surface area contributed by atoms with Crippen LogP contribution in [-0.4, -0.2) is 10.9 Å². The van der Waals surface area contributed by atoms with Gasteiger partial charge in [-0.1, -0.05) is 6.08 Å². The van der Waals surface area contributed by atoms with Gasteiger partial charge in [0.05, 0.1) is 10.6 Å². The molecular formula is C10H13N5O2. The molecule has 0 radical (unpaired) electrons. The maximum atomic E-state index is 10.6. The highest BCUT2D eigenvalue weighted by atomic mass is 16.6. The van der Waals surface area contributed by atoms with Crippen LogP contribution in [0.4, 0.5) is 11.4 Å². The molecule has 5 N–H and O–H groups in total. The van der Waals surface area contributed by atoms with Gasteiger partial charge in [-0.25, -0.2) is 0 Å². The number of rotatable bonds is 5. The highest BCUT2D eigenvalue weighted by molar-refractivity contribution is 5.77. The molecule has 0 amide bonds. The fraction of sp³-hybridized carbons (Fsp3) is 0.100. The lowest BCUT2D eigenvalue weighted by molar-refractivity contribution is -0.384. The first kappa shape index (κ1) is 12.5. The summed E-state index contributed by atoms with van der Waals surface area (Å²) >= 11 is 0. The maximum absolute atomic E-state index is 10.6. The van der Waals surface area contributed by atoms with Crippen LogP contribution in [0.3, 0.4) is 0 Å². The minimum absolute atomic E-state index is 0.0360. The van der Waals surface area contributed by atoms with Crippen molar-refractivity contribution in [2.75, 3.05) is 5.43 Å². The van der Waals surface area contributed by atoms with Gasteiger partial charge in [-0.2, -0.15) is 0 Å². The standard InChI is InChI=1S/C10H13N5O2/c1-2-3-7-4-5-8(15(16)17)6-9(7)13-14-10(11)12/h2,4-6,13H,1,3H2,(H4,11,12,14). The Morgan fingerprint density at radius 1 is 1.59 bits per heavy atom. The van der Waals surface area contributed by atoms with Crippen LogP contribution < -0.4 is 16.9 Å². The molecule has 0 fully saturated rings. The van der Waals surface area contributed by atoms with Gasteiger partial charge >= 0.3 is 0 Å². The Morgan fingerprint density at radius 3 is 2.82 bits per heavy atom. The molecule has 0 aromatic heterocycles. The zero-order chi connectivity index (χ0) is 12.8. The van der Waals surface area contributed by atoms with E-state index in [0.29, 0.717) is 12.1 Å². The third kappa shape index (κ3) is 3.49. The molecule has 0 saturated heterocycles. The van der Waals surface area contributed by atoms with E-state index in [1.165, 1.54) is 12.1 Å². The van der Waals surface area contributed by atoms with Crippen molar-refractivity contribution in [2.45, 2.75) is 6.42 Å². The molecule has 17 heavy (non-hydrogen) atoms. The van der Waals surface area contributed by atoms with Crippen LogP contribution in [0.1, 0.15) is 5.56 Å². The van der Waals surface area contributed by atoms with E-state index in [1.54, 1.807) is 12.1 Å². The Labute approximate surface area is 97.9 Å². The van der Waals surface area contributed by atoms with Crippen molar-refractivity contribution in [3.05, 3.63) is 46.5 Å². The third-order valence-corrected chi connectivity index (χ3v) is 1.97. The van der Waals surface area contributed by atoms with Gasteiger partial charge < -0.3 is 11.5 Å². The molecule has 1 aromatic carbocycles. The van der Waals surface area contributed by atoms with Crippen LogP contribution in [-0.2, 0) is 6.42 Å². The van der Waals surface area contributed by atoms with Gasteiger partial charge in [-0.3, -0.25) is 15.5 Å². The summed E-state index contributed by atoms with van der Waals surface area (Å²) in [5.41, 5.74) is 14.2. The molecular weight excluding hydrogens is 222 g/mol. The van der Waals surface area contributed by atoms with Crippen molar-refractivity contribution in [1.29, 1.82) is 0 Å². The summed E-state index contributed by atoms with van der Waals surface area (Å²) in [6.45, 7) is 3.60. The molecule has 0 heterocycles. The van der Waals surface area contributed by atoms with Crippen LogP contribution in [0.2, 0.25) is 0 Å².